The minimum Gasteiger partial charge on any atom is -0.492 e. The minimum absolute atomic E-state index is 0.150. The van der Waals surface area contributed by atoms with Gasteiger partial charge in [0.15, 0.2) is 0 Å². The third kappa shape index (κ3) is 4.37. The second-order valence-electron chi connectivity index (χ2n) is 11.3. The van der Waals surface area contributed by atoms with Crippen LogP contribution in [0.4, 0.5) is 8.78 Å². The average Bonchev–Trinajstić information content (AvgIpc) is 3.21. The molecule has 2 fully saturated rings. The highest BCUT2D eigenvalue weighted by molar-refractivity contribution is 5.87. The summed E-state index contributed by atoms with van der Waals surface area (Å²) < 4.78 is 37.3. The fraction of sp³-hybridized carbons (Fsp3) is 0.500. The van der Waals surface area contributed by atoms with E-state index in [1.165, 1.54) is 12.1 Å². The van der Waals surface area contributed by atoms with Crippen LogP contribution in [0.15, 0.2) is 36.4 Å². The molecule has 6 rings (SSSR count). The third-order valence-corrected chi connectivity index (χ3v) is 8.70. The molecule has 1 amide bonds. The summed E-state index contributed by atoms with van der Waals surface area (Å²) in [4.78, 5) is 20.9. The minimum atomic E-state index is -0.937. The lowest BCUT2D eigenvalue weighted by atomic mass is 9.79. The quantitative estimate of drug-likeness (QED) is 0.467. The largest absolute Gasteiger partial charge is 0.492 e. The first-order chi connectivity index (χ1) is 18.3. The number of amides is 1. The van der Waals surface area contributed by atoms with Gasteiger partial charge in [0.25, 0.3) is 0 Å². The summed E-state index contributed by atoms with van der Waals surface area (Å²) in [7, 11) is 0. The highest BCUT2D eigenvalue weighted by atomic mass is 19.1. The van der Waals surface area contributed by atoms with Crippen LogP contribution in [0.3, 0.4) is 0 Å². The molecule has 2 aliphatic heterocycles. The van der Waals surface area contributed by atoms with Crippen molar-refractivity contribution in [2.45, 2.75) is 57.7 Å². The molecular weight excluding hydrogens is 488 g/mol. The number of aromatic amines is 1. The van der Waals surface area contributed by atoms with Crippen LogP contribution in [0.5, 0.6) is 5.75 Å². The molecule has 202 valence electrons. The first-order valence-corrected chi connectivity index (χ1v) is 13.8. The van der Waals surface area contributed by atoms with E-state index >= 15 is 8.78 Å². The first kappa shape index (κ1) is 25.3. The summed E-state index contributed by atoms with van der Waals surface area (Å²) in [5.41, 5.74) is 2.35. The maximum atomic E-state index is 15.8. The summed E-state index contributed by atoms with van der Waals surface area (Å²) in [6, 6.07) is 9.06. The van der Waals surface area contributed by atoms with E-state index in [0.717, 1.165) is 48.4 Å². The Balaban J connectivity index is 1.33. The fourth-order valence-electron chi connectivity index (χ4n) is 6.41. The summed E-state index contributed by atoms with van der Waals surface area (Å²) in [6.45, 7) is 7.26. The van der Waals surface area contributed by atoms with E-state index in [1.54, 1.807) is 4.90 Å². The summed E-state index contributed by atoms with van der Waals surface area (Å²) in [5, 5.41) is 10.8. The molecular formula is C30H35F2N3O3. The van der Waals surface area contributed by atoms with Crippen molar-refractivity contribution in [1.82, 2.24) is 14.8 Å². The van der Waals surface area contributed by atoms with Gasteiger partial charge in [0, 0.05) is 60.3 Å². The number of benzene rings is 2. The zero-order valence-electron chi connectivity index (χ0n) is 21.9. The standard InChI is InChI=1S/C30H35F2N3O3/c1-3-18-15-34(16-18)8-9-38-21-13-24(31)27(25(32)14-21)29-28-23(22-6-4-5-7-26(22)33-28)10-17(2)35(29)30(37)19-11-20(36)12-19/h4-7,13-14,17-20,29,33,36H,3,8-12,15-16H2,1-2H3/t17-,19?,20?,29-/m1/s1. The Labute approximate surface area is 221 Å². The number of carbonyl (C=O) groups is 1. The molecule has 0 radical (unpaired) electrons. The van der Waals surface area contributed by atoms with E-state index in [0.29, 0.717) is 31.6 Å². The van der Waals surface area contributed by atoms with Crippen molar-refractivity contribution in [3.8, 4) is 5.75 Å². The van der Waals surface area contributed by atoms with E-state index < -0.39 is 23.8 Å². The number of hydrogen-bond donors (Lipinski definition) is 2. The lowest BCUT2D eigenvalue weighted by molar-refractivity contribution is -0.147. The molecule has 1 aromatic heterocycles. The van der Waals surface area contributed by atoms with Gasteiger partial charge in [-0.2, -0.15) is 0 Å². The second kappa shape index (κ2) is 9.97. The van der Waals surface area contributed by atoms with Crippen molar-refractivity contribution in [2.24, 2.45) is 11.8 Å². The van der Waals surface area contributed by atoms with Gasteiger partial charge in [-0.1, -0.05) is 31.5 Å². The lowest BCUT2D eigenvalue weighted by Crippen LogP contribution is -2.52. The third-order valence-electron chi connectivity index (χ3n) is 8.70. The van der Waals surface area contributed by atoms with Gasteiger partial charge in [0.05, 0.1) is 11.7 Å². The summed E-state index contributed by atoms with van der Waals surface area (Å²) in [5.74, 6) is -1.10. The van der Waals surface area contributed by atoms with Crippen LogP contribution in [0, 0.1) is 23.5 Å². The Morgan fingerprint density at radius 1 is 1.16 bits per heavy atom. The molecule has 2 atom stereocenters. The molecule has 2 N–H and O–H groups in total. The molecule has 3 aliphatic rings. The monoisotopic (exact) mass is 523 g/mol. The first-order valence-electron chi connectivity index (χ1n) is 13.8. The number of likely N-dealkylation sites (tertiary alicyclic amines) is 1. The zero-order valence-corrected chi connectivity index (χ0v) is 21.9. The van der Waals surface area contributed by atoms with Crippen LogP contribution in [-0.4, -0.2) is 64.2 Å². The van der Waals surface area contributed by atoms with Gasteiger partial charge in [-0.3, -0.25) is 9.69 Å². The van der Waals surface area contributed by atoms with Gasteiger partial charge in [-0.25, -0.2) is 8.78 Å². The normalized spacial score (nSPS) is 25.7. The van der Waals surface area contributed by atoms with E-state index in [-0.39, 0.29) is 29.2 Å². The Morgan fingerprint density at radius 3 is 2.55 bits per heavy atom. The number of H-pyrrole nitrogens is 1. The SMILES string of the molecule is CCC1CN(CCOc2cc(F)c([C@@H]3c4[nH]c5ccccc5c4C[C@@H](C)N3C(=O)C3CC(O)C3)c(F)c2)C1. The van der Waals surface area contributed by atoms with E-state index in [4.69, 9.17) is 4.74 Å². The maximum Gasteiger partial charge on any atom is 0.226 e. The molecule has 6 nitrogen and oxygen atoms in total. The van der Waals surface area contributed by atoms with Crippen molar-refractivity contribution >= 4 is 16.8 Å². The van der Waals surface area contributed by atoms with Crippen LogP contribution in [0.1, 0.15) is 56.0 Å². The topological polar surface area (TPSA) is 68.8 Å². The van der Waals surface area contributed by atoms with Crippen molar-refractivity contribution < 1.29 is 23.4 Å². The molecule has 0 bridgehead atoms. The van der Waals surface area contributed by atoms with E-state index in [9.17, 15) is 9.90 Å². The van der Waals surface area contributed by atoms with Gasteiger partial charge in [0.2, 0.25) is 5.91 Å². The predicted molar refractivity (Wildman–Crippen MR) is 141 cm³/mol. The predicted octanol–water partition coefficient (Wildman–Crippen LogP) is 4.80. The van der Waals surface area contributed by atoms with Crippen molar-refractivity contribution in [1.29, 1.82) is 0 Å². The van der Waals surface area contributed by atoms with Gasteiger partial charge in [0.1, 0.15) is 30.0 Å². The number of fused-ring (bicyclic) bond motifs is 3. The number of para-hydroxylation sites is 1. The number of aromatic nitrogens is 1. The van der Waals surface area contributed by atoms with Crippen molar-refractivity contribution in [2.75, 3.05) is 26.2 Å². The molecule has 3 heterocycles. The zero-order chi connectivity index (χ0) is 26.6. The molecule has 1 saturated carbocycles. The van der Waals surface area contributed by atoms with Gasteiger partial charge in [-0.05, 0) is 43.7 Å². The number of nitrogens with zero attached hydrogens (tertiary/aromatic N) is 2. The summed E-state index contributed by atoms with van der Waals surface area (Å²) in [6.07, 6.45) is 2.00. The molecule has 0 unspecified atom stereocenters. The second-order valence-corrected chi connectivity index (χ2v) is 11.3. The Morgan fingerprint density at radius 2 is 1.87 bits per heavy atom. The van der Waals surface area contributed by atoms with E-state index in [2.05, 4.69) is 16.8 Å². The molecule has 2 aromatic carbocycles. The Bertz CT molecular complexity index is 1320. The average molecular weight is 524 g/mol. The number of hydrogen-bond acceptors (Lipinski definition) is 4. The molecule has 8 heteroatoms. The number of rotatable bonds is 7. The molecule has 1 aliphatic carbocycles. The lowest BCUT2D eigenvalue weighted by Gasteiger charge is -2.45. The van der Waals surface area contributed by atoms with Gasteiger partial charge < -0.3 is 19.7 Å². The van der Waals surface area contributed by atoms with Gasteiger partial charge in [-0.15, -0.1) is 0 Å². The number of aliphatic hydroxyl groups is 1. The van der Waals surface area contributed by atoms with Gasteiger partial charge >= 0.3 is 0 Å². The number of ether oxygens (including phenoxy) is 1. The Kier molecular flexibility index (Phi) is 6.64. The van der Waals surface area contributed by atoms with E-state index in [1.807, 2.05) is 31.2 Å². The highest BCUT2D eigenvalue weighted by Gasteiger charge is 2.45. The Hall–Kier alpha value is -2.97. The van der Waals surface area contributed by atoms with Crippen LogP contribution in [0.2, 0.25) is 0 Å². The number of carbonyl (C=O) groups excluding carboxylic acids is 1. The fourth-order valence-corrected chi connectivity index (χ4v) is 6.41. The van der Waals surface area contributed by atoms with Crippen LogP contribution >= 0.6 is 0 Å². The molecule has 1 saturated heterocycles. The number of halogens is 2. The number of nitrogens with one attached hydrogen (secondary N) is 1. The van der Waals surface area contributed by atoms with Crippen LogP contribution in [0.25, 0.3) is 10.9 Å². The summed E-state index contributed by atoms with van der Waals surface area (Å²) >= 11 is 0. The highest BCUT2D eigenvalue weighted by Crippen LogP contribution is 2.45. The van der Waals surface area contributed by atoms with Crippen LogP contribution in [-0.2, 0) is 11.2 Å². The molecule has 38 heavy (non-hydrogen) atoms. The number of aliphatic hydroxyl groups excluding tert-OH is 1. The van der Waals surface area contributed by atoms with Crippen molar-refractivity contribution in [3.63, 3.8) is 0 Å². The molecule has 3 aromatic rings. The maximum absolute atomic E-state index is 15.8. The molecule has 0 spiro atoms. The van der Waals surface area contributed by atoms with Crippen LogP contribution < -0.4 is 4.74 Å². The smallest absolute Gasteiger partial charge is 0.226 e. The van der Waals surface area contributed by atoms with Crippen molar-refractivity contribution in [3.05, 3.63) is 64.9 Å².